The molecule has 198 valence electrons. The van der Waals surface area contributed by atoms with Gasteiger partial charge in [-0.2, -0.15) is 0 Å². The molecule has 1 aliphatic heterocycles. The highest BCUT2D eigenvalue weighted by atomic mass is 32.2. The summed E-state index contributed by atoms with van der Waals surface area (Å²) in [6.07, 6.45) is 1.72. The molecule has 1 amide bonds. The molecule has 0 spiro atoms. The van der Waals surface area contributed by atoms with Crippen LogP contribution in [0.15, 0.2) is 47.4 Å². The number of hydrogen-bond donors (Lipinski definition) is 0. The minimum Gasteiger partial charge on any atom is -0.497 e. The van der Waals surface area contributed by atoms with E-state index < -0.39 is 29.4 Å². The number of methoxy groups -OCH3 is 1. The molecule has 7 nitrogen and oxygen atoms in total. The molecule has 1 aliphatic rings. The average molecular weight is 525 g/mol. The number of nitrogens with zero attached hydrogens (tertiary/aromatic N) is 2. The zero-order chi connectivity index (χ0) is 27.1. The second-order valence-corrected chi connectivity index (χ2v) is 12.0. The summed E-state index contributed by atoms with van der Waals surface area (Å²) in [6, 6.07) is 13.1. The quantitative estimate of drug-likeness (QED) is 0.342. The molecule has 0 bridgehead atoms. The fraction of sp³-hybridized carbons (Fsp3) is 0.448. The van der Waals surface area contributed by atoms with Crippen LogP contribution in [0.4, 0.5) is 9.59 Å². The Labute approximate surface area is 223 Å². The lowest BCUT2D eigenvalue weighted by molar-refractivity contribution is 0.0164. The Morgan fingerprint density at radius 2 is 1.54 bits per heavy atom. The molecule has 1 atom stereocenters. The number of rotatable bonds is 3. The van der Waals surface area contributed by atoms with E-state index in [1.807, 2.05) is 84.2 Å². The van der Waals surface area contributed by atoms with Crippen molar-refractivity contribution in [2.24, 2.45) is 0 Å². The first-order chi connectivity index (χ1) is 17.3. The molecule has 3 aromatic rings. The summed E-state index contributed by atoms with van der Waals surface area (Å²) in [5.41, 5.74) is 2.04. The lowest BCUT2D eigenvalue weighted by atomic mass is 9.92. The minimum atomic E-state index is -0.686. The highest BCUT2D eigenvalue weighted by Gasteiger charge is 2.40. The molecular weight excluding hydrogens is 488 g/mol. The van der Waals surface area contributed by atoms with Crippen molar-refractivity contribution in [1.29, 1.82) is 0 Å². The molecule has 0 fully saturated rings. The molecule has 4 rings (SSSR count). The third-order valence-corrected chi connectivity index (χ3v) is 6.85. The predicted molar refractivity (Wildman–Crippen MR) is 147 cm³/mol. The maximum Gasteiger partial charge on any atom is 0.419 e. The smallest absolute Gasteiger partial charge is 0.419 e. The number of amides is 1. The van der Waals surface area contributed by atoms with Gasteiger partial charge in [0.15, 0.2) is 0 Å². The van der Waals surface area contributed by atoms with Crippen LogP contribution < -0.4 is 4.74 Å². The molecule has 0 N–H and O–H groups in total. The van der Waals surface area contributed by atoms with Crippen molar-refractivity contribution >= 4 is 34.9 Å². The number of benzene rings is 2. The molecule has 1 aromatic heterocycles. The fourth-order valence-corrected chi connectivity index (χ4v) is 5.13. The molecule has 2 heterocycles. The summed E-state index contributed by atoms with van der Waals surface area (Å²) < 4.78 is 18.7. The fourth-order valence-electron chi connectivity index (χ4n) is 4.69. The summed E-state index contributed by atoms with van der Waals surface area (Å²) in [5, 5.41) is 0.995. The van der Waals surface area contributed by atoms with Crippen molar-refractivity contribution in [1.82, 2.24) is 9.47 Å². The van der Waals surface area contributed by atoms with Gasteiger partial charge in [-0.3, -0.25) is 4.90 Å². The number of fused-ring (bicyclic) bond motifs is 3. The number of aromatic nitrogens is 1. The monoisotopic (exact) mass is 524 g/mol. The predicted octanol–water partition coefficient (Wildman–Crippen LogP) is 7.04. The third kappa shape index (κ3) is 5.59. The molecule has 1 unspecified atom stereocenters. The first-order valence-electron chi connectivity index (χ1n) is 12.4. The van der Waals surface area contributed by atoms with Crippen molar-refractivity contribution in [2.75, 3.05) is 19.9 Å². The van der Waals surface area contributed by atoms with Gasteiger partial charge in [-0.1, -0.05) is 12.1 Å². The maximum atomic E-state index is 13.7. The molecule has 0 saturated carbocycles. The maximum absolute atomic E-state index is 13.7. The summed E-state index contributed by atoms with van der Waals surface area (Å²) >= 11 is 1.65. The van der Waals surface area contributed by atoms with Crippen LogP contribution in [-0.4, -0.2) is 52.8 Å². The zero-order valence-electron chi connectivity index (χ0n) is 22.9. The number of thioether (sulfide) groups is 1. The lowest BCUT2D eigenvalue weighted by Crippen LogP contribution is -2.44. The topological polar surface area (TPSA) is 70.0 Å². The lowest BCUT2D eigenvalue weighted by Gasteiger charge is -2.38. The third-order valence-electron chi connectivity index (χ3n) is 6.13. The van der Waals surface area contributed by atoms with E-state index in [1.165, 1.54) is 0 Å². The van der Waals surface area contributed by atoms with Crippen molar-refractivity contribution in [3.05, 3.63) is 59.3 Å². The molecule has 37 heavy (non-hydrogen) atoms. The Morgan fingerprint density at radius 1 is 0.919 bits per heavy atom. The van der Waals surface area contributed by atoms with E-state index in [4.69, 9.17) is 14.2 Å². The first-order valence-corrected chi connectivity index (χ1v) is 13.6. The molecule has 0 saturated heterocycles. The van der Waals surface area contributed by atoms with Crippen molar-refractivity contribution in [2.45, 2.75) is 70.1 Å². The normalized spacial score (nSPS) is 15.9. The molecule has 0 radical (unpaired) electrons. The summed E-state index contributed by atoms with van der Waals surface area (Å²) in [4.78, 5) is 30.0. The van der Waals surface area contributed by atoms with Gasteiger partial charge in [-0.05, 0) is 95.7 Å². The van der Waals surface area contributed by atoms with Crippen LogP contribution in [-0.2, 0) is 15.9 Å². The second kappa shape index (κ2) is 9.97. The van der Waals surface area contributed by atoms with Gasteiger partial charge in [0, 0.05) is 16.8 Å². The van der Waals surface area contributed by atoms with Gasteiger partial charge in [-0.25, -0.2) is 14.2 Å². The molecule has 2 aromatic carbocycles. The summed E-state index contributed by atoms with van der Waals surface area (Å²) in [5.74, 6) is 0.709. The molecule has 0 aliphatic carbocycles. The Hall–Kier alpha value is -3.13. The number of carbonyl (C=O) groups excluding carboxylic acids is 2. The zero-order valence-corrected chi connectivity index (χ0v) is 23.7. The molecule has 8 heteroatoms. The van der Waals surface area contributed by atoms with Gasteiger partial charge < -0.3 is 14.2 Å². The van der Waals surface area contributed by atoms with E-state index in [0.717, 1.165) is 32.6 Å². The van der Waals surface area contributed by atoms with Gasteiger partial charge in [0.2, 0.25) is 0 Å². The van der Waals surface area contributed by atoms with Gasteiger partial charge in [0.1, 0.15) is 23.0 Å². The van der Waals surface area contributed by atoms with E-state index in [-0.39, 0.29) is 0 Å². The largest absolute Gasteiger partial charge is 0.497 e. The Bertz CT molecular complexity index is 1320. The Balaban J connectivity index is 1.99. The van der Waals surface area contributed by atoms with Gasteiger partial charge >= 0.3 is 12.2 Å². The minimum absolute atomic E-state index is 0.426. The Kier molecular flexibility index (Phi) is 7.25. The standard InChI is InChI=1S/C29H36N2O5S/c1-28(2,3)35-26(32)30-16-15-21-22-17-20(37-8)13-14-23(22)31(27(33)36-29(4,5)6)25(21)24(30)18-9-11-19(34-7)12-10-18/h9-14,17,24H,15-16H2,1-8H3. The number of ether oxygens (including phenoxy) is 3. The summed E-state index contributed by atoms with van der Waals surface area (Å²) in [6.45, 7) is 11.6. The van der Waals surface area contributed by atoms with E-state index in [1.54, 1.807) is 28.3 Å². The number of carbonyl (C=O) groups is 2. The van der Waals surface area contributed by atoms with E-state index in [2.05, 4.69) is 6.07 Å². The van der Waals surface area contributed by atoms with Crippen LogP contribution in [0.2, 0.25) is 0 Å². The van der Waals surface area contributed by atoms with Crippen LogP contribution in [0.25, 0.3) is 10.9 Å². The van der Waals surface area contributed by atoms with Crippen LogP contribution >= 0.6 is 11.8 Å². The van der Waals surface area contributed by atoms with Crippen LogP contribution in [0.5, 0.6) is 5.75 Å². The van der Waals surface area contributed by atoms with E-state index >= 15 is 0 Å². The van der Waals surface area contributed by atoms with Crippen LogP contribution in [0, 0.1) is 0 Å². The van der Waals surface area contributed by atoms with Crippen LogP contribution in [0.3, 0.4) is 0 Å². The molecular formula is C29H36N2O5S. The summed E-state index contributed by atoms with van der Waals surface area (Å²) in [7, 11) is 1.62. The van der Waals surface area contributed by atoms with E-state index in [0.29, 0.717) is 18.7 Å². The highest BCUT2D eigenvalue weighted by Crippen LogP contribution is 2.42. The second-order valence-electron chi connectivity index (χ2n) is 11.2. The first kappa shape index (κ1) is 26.9. The van der Waals surface area contributed by atoms with Gasteiger partial charge in [-0.15, -0.1) is 11.8 Å². The van der Waals surface area contributed by atoms with Crippen molar-refractivity contribution < 1.29 is 23.8 Å². The van der Waals surface area contributed by atoms with E-state index in [9.17, 15) is 9.59 Å². The SMILES string of the molecule is COc1ccc(C2c3c(c4cc(SC)ccc4n3C(=O)OC(C)(C)C)CCN2C(=O)OC(C)(C)C)cc1. The van der Waals surface area contributed by atoms with Crippen molar-refractivity contribution in [3.8, 4) is 5.75 Å². The van der Waals surface area contributed by atoms with Crippen LogP contribution in [0.1, 0.15) is 64.4 Å². The number of hydrogen-bond acceptors (Lipinski definition) is 6. The van der Waals surface area contributed by atoms with Gasteiger partial charge in [0.25, 0.3) is 0 Å². The Morgan fingerprint density at radius 3 is 2.11 bits per heavy atom. The average Bonchev–Trinajstić information content (AvgIpc) is 3.15. The highest BCUT2D eigenvalue weighted by molar-refractivity contribution is 7.98. The van der Waals surface area contributed by atoms with Crippen molar-refractivity contribution in [3.63, 3.8) is 0 Å². The van der Waals surface area contributed by atoms with Gasteiger partial charge in [0.05, 0.1) is 18.3 Å².